The number of aromatic nitrogens is 2. The van der Waals surface area contributed by atoms with Gasteiger partial charge in [0.25, 0.3) is 0 Å². The largest absolute Gasteiger partial charge is 0.465 e. The number of thiophene rings is 1. The standard InChI is InChI=1S/C22H23ClFN3O2S2/c1-2-29-19(28)12-30-11-18-26-21(25-10-13-7-8-14(24)9-16(13)23)20-15-5-3-4-6-17(15)31-22(20)27-18/h7-9H,2-6,10-12H2,1H3,(H,25,26,27). The summed E-state index contributed by atoms with van der Waals surface area (Å²) >= 11 is 9.38. The van der Waals surface area contributed by atoms with Gasteiger partial charge in [0, 0.05) is 16.4 Å². The van der Waals surface area contributed by atoms with E-state index in [1.54, 1.807) is 24.3 Å². The Bertz CT molecular complexity index is 1110. The molecule has 1 aliphatic rings. The third-order valence-corrected chi connectivity index (χ3v) is 7.52. The number of thioether (sulfide) groups is 1. The highest BCUT2D eigenvalue weighted by atomic mass is 35.5. The molecule has 0 saturated carbocycles. The van der Waals surface area contributed by atoms with E-state index >= 15 is 0 Å². The van der Waals surface area contributed by atoms with Crippen LogP contribution < -0.4 is 5.32 Å². The lowest BCUT2D eigenvalue weighted by Gasteiger charge is -2.14. The molecule has 1 aromatic carbocycles. The van der Waals surface area contributed by atoms with Crippen molar-refractivity contribution in [3.63, 3.8) is 0 Å². The molecule has 1 N–H and O–H groups in total. The number of nitrogens with zero attached hydrogens (tertiary/aromatic N) is 2. The summed E-state index contributed by atoms with van der Waals surface area (Å²) in [5.41, 5.74) is 2.14. The molecule has 9 heteroatoms. The molecule has 0 unspecified atom stereocenters. The highest BCUT2D eigenvalue weighted by Crippen LogP contribution is 2.39. The Labute approximate surface area is 193 Å². The van der Waals surface area contributed by atoms with Crippen LogP contribution in [-0.4, -0.2) is 28.3 Å². The highest BCUT2D eigenvalue weighted by molar-refractivity contribution is 7.99. The van der Waals surface area contributed by atoms with Crippen LogP contribution in [0.3, 0.4) is 0 Å². The van der Waals surface area contributed by atoms with Crippen LogP contribution in [-0.2, 0) is 34.7 Å². The van der Waals surface area contributed by atoms with Gasteiger partial charge in [-0.05, 0) is 55.9 Å². The molecule has 5 nitrogen and oxygen atoms in total. The number of rotatable bonds is 8. The minimum absolute atomic E-state index is 0.232. The maximum absolute atomic E-state index is 13.4. The summed E-state index contributed by atoms with van der Waals surface area (Å²) in [6, 6.07) is 4.41. The van der Waals surface area contributed by atoms with Gasteiger partial charge in [0.15, 0.2) is 0 Å². The van der Waals surface area contributed by atoms with Crippen molar-refractivity contribution in [1.29, 1.82) is 0 Å². The molecule has 31 heavy (non-hydrogen) atoms. The topological polar surface area (TPSA) is 64.1 Å². The van der Waals surface area contributed by atoms with Crippen molar-refractivity contribution in [3.8, 4) is 0 Å². The quantitative estimate of drug-likeness (QED) is 0.414. The number of nitrogens with one attached hydrogen (secondary N) is 1. The SMILES string of the molecule is CCOC(=O)CSCc1nc(NCc2ccc(F)cc2Cl)c2c3c(sc2n1)CCCC3. The smallest absolute Gasteiger partial charge is 0.315 e. The first-order valence-electron chi connectivity index (χ1n) is 10.3. The van der Waals surface area contributed by atoms with E-state index in [2.05, 4.69) is 5.32 Å². The molecule has 1 aliphatic carbocycles. The van der Waals surface area contributed by atoms with Gasteiger partial charge in [-0.3, -0.25) is 4.79 Å². The molecule has 4 rings (SSSR count). The van der Waals surface area contributed by atoms with E-state index in [0.29, 0.717) is 29.8 Å². The fraction of sp³-hybridized carbons (Fsp3) is 0.409. The van der Waals surface area contributed by atoms with Gasteiger partial charge < -0.3 is 10.1 Å². The third-order valence-electron chi connectivity index (χ3n) is 5.08. The van der Waals surface area contributed by atoms with Crippen molar-refractivity contribution in [2.45, 2.75) is 44.9 Å². The zero-order valence-corrected chi connectivity index (χ0v) is 19.6. The summed E-state index contributed by atoms with van der Waals surface area (Å²) in [4.78, 5) is 23.6. The van der Waals surface area contributed by atoms with E-state index in [-0.39, 0.29) is 17.5 Å². The summed E-state index contributed by atoms with van der Waals surface area (Å²) < 4.78 is 18.4. The van der Waals surface area contributed by atoms with Gasteiger partial charge in [-0.1, -0.05) is 17.7 Å². The number of carbonyl (C=O) groups excluding carboxylic acids is 1. The number of halogens is 2. The first-order chi connectivity index (χ1) is 15.0. The Hall–Kier alpha value is -1.90. The monoisotopic (exact) mass is 479 g/mol. The van der Waals surface area contributed by atoms with E-state index < -0.39 is 0 Å². The predicted octanol–water partition coefficient (Wildman–Crippen LogP) is 5.77. The zero-order chi connectivity index (χ0) is 21.8. The molecule has 0 bridgehead atoms. The second-order valence-electron chi connectivity index (χ2n) is 7.27. The van der Waals surface area contributed by atoms with Crippen molar-refractivity contribution in [2.24, 2.45) is 0 Å². The van der Waals surface area contributed by atoms with Crippen molar-refractivity contribution >= 4 is 56.7 Å². The number of ether oxygens (including phenoxy) is 1. The molecule has 3 aromatic rings. The summed E-state index contributed by atoms with van der Waals surface area (Å²) in [6.07, 6.45) is 4.47. The van der Waals surface area contributed by atoms with Crippen LogP contribution >= 0.6 is 34.7 Å². The van der Waals surface area contributed by atoms with Gasteiger partial charge in [0.2, 0.25) is 0 Å². The molecule has 0 radical (unpaired) electrons. The van der Waals surface area contributed by atoms with Gasteiger partial charge in [0.05, 0.1) is 23.5 Å². The molecule has 0 spiro atoms. The van der Waals surface area contributed by atoms with Crippen LogP contribution in [0.4, 0.5) is 10.2 Å². The maximum Gasteiger partial charge on any atom is 0.315 e. The second kappa shape index (κ2) is 10.1. The van der Waals surface area contributed by atoms with Gasteiger partial charge in [0.1, 0.15) is 22.3 Å². The lowest BCUT2D eigenvalue weighted by atomic mass is 9.97. The highest BCUT2D eigenvalue weighted by Gasteiger charge is 2.21. The summed E-state index contributed by atoms with van der Waals surface area (Å²) in [6.45, 7) is 2.61. The summed E-state index contributed by atoms with van der Waals surface area (Å²) in [7, 11) is 0. The summed E-state index contributed by atoms with van der Waals surface area (Å²) in [5, 5.41) is 4.87. The zero-order valence-electron chi connectivity index (χ0n) is 17.2. The van der Waals surface area contributed by atoms with Gasteiger partial charge >= 0.3 is 5.97 Å². The Morgan fingerprint density at radius 1 is 1.32 bits per heavy atom. The number of carbonyl (C=O) groups is 1. The Morgan fingerprint density at radius 3 is 2.97 bits per heavy atom. The average molecular weight is 480 g/mol. The van der Waals surface area contributed by atoms with Gasteiger partial charge in [-0.2, -0.15) is 0 Å². The predicted molar refractivity (Wildman–Crippen MR) is 126 cm³/mol. The molecule has 2 aromatic heterocycles. The lowest BCUT2D eigenvalue weighted by molar-refractivity contribution is -0.139. The first-order valence-corrected chi connectivity index (χ1v) is 12.6. The Kier molecular flexibility index (Phi) is 7.30. The molecule has 2 heterocycles. The van der Waals surface area contributed by atoms with E-state index in [9.17, 15) is 9.18 Å². The van der Waals surface area contributed by atoms with Crippen molar-refractivity contribution in [2.75, 3.05) is 17.7 Å². The average Bonchev–Trinajstić information content (AvgIpc) is 3.12. The first kappa shape index (κ1) is 22.3. The third kappa shape index (κ3) is 5.30. The van der Waals surface area contributed by atoms with Crippen LogP contribution in [0.5, 0.6) is 0 Å². The number of benzene rings is 1. The van der Waals surface area contributed by atoms with Crippen LogP contribution in [0.1, 0.15) is 41.6 Å². The lowest BCUT2D eigenvalue weighted by Crippen LogP contribution is -2.09. The molecule has 164 valence electrons. The van der Waals surface area contributed by atoms with E-state index in [0.717, 1.165) is 34.4 Å². The second-order valence-corrected chi connectivity index (χ2v) is 9.74. The number of aryl methyl sites for hydroxylation is 2. The van der Waals surface area contributed by atoms with Crippen LogP contribution in [0.25, 0.3) is 10.2 Å². The van der Waals surface area contributed by atoms with Crippen molar-refractivity contribution in [1.82, 2.24) is 9.97 Å². The molecule has 0 aliphatic heterocycles. The number of hydrogen-bond acceptors (Lipinski definition) is 7. The molecule has 0 atom stereocenters. The van der Waals surface area contributed by atoms with E-state index in [1.807, 2.05) is 0 Å². The molecule has 0 fully saturated rings. The molecular weight excluding hydrogens is 457 g/mol. The minimum Gasteiger partial charge on any atom is -0.465 e. The fourth-order valence-electron chi connectivity index (χ4n) is 3.67. The fourth-order valence-corrected chi connectivity index (χ4v) is 5.84. The number of fused-ring (bicyclic) bond motifs is 3. The summed E-state index contributed by atoms with van der Waals surface area (Å²) in [5.74, 6) is 1.65. The minimum atomic E-state index is -0.356. The van der Waals surface area contributed by atoms with E-state index in [4.69, 9.17) is 26.3 Å². The molecule has 0 amide bonds. The van der Waals surface area contributed by atoms with Gasteiger partial charge in [-0.15, -0.1) is 23.1 Å². The van der Waals surface area contributed by atoms with Crippen LogP contribution in [0.2, 0.25) is 5.02 Å². The number of hydrogen-bond donors (Lipinski definition) is 1. The Balaban J connectivity index is 1.60. The van der Waals surface area contributed by atoms with E-state index in [1.165, 1.54) is 47.2 Å². The number of anilines is 1. The normalized spacial score (nSPS) is 13.3. The van der Waals surface area contributed by atoms with Gasteiger partial charge in [-0.25, -0.2) is 14.4 Å². The van der Waals surface area contributed by atoms with Crippen LogP contribution in [0, 0.1) is 5.82 Å². The van der Waals surface area contributed by atoms with Crippen molar-refractivity contribution in [3.05, 3.63) is 50.9 Å². The maximum atomic E-state index is 13.4. The molecule has 0 saturated heterocycles. The van der Waals surface area contributed by atoms with Crippen molar-refractivity contribution < 1.29 is 13.9 Å². The Morgan fingerprint density at radius 2 is 2.16 bits per heavy atom. The van der Waals surface area contributed by atoms with Crippen LogP contribution in [0.15, 0.2) is 18.2 Å². The number of esters is 1. The molecular formula is C22H23ClFN3O2S2.